The van der Waals surface area contributed by atoms with Crippen LogP contribution in [0.15, 0.2) is 36.5 Å². The number of rotatable bonds is 3. The molecule has 0 radical (unpaired) electrons. The molecular weight excluding hydrogens is 219 g/mol. The van der Waals surface area contributed by atoms with Crippen LogP contribution in [0.3, 0.4) is 0 Å². The molecule has 2 aromatic rings. The van der Waals surface area contributed by atoms with Crippen molar-refractivity contribution in [2.75, 3.05) is 11.9 Å². The van der Waals surface area contributed by atoms with Crippen molar-refractivity contribution in [2.45, 2.75) is 6.54 Å². The Bertz CT molecular complexity index is 515. The van der Waals surface area contributed by atoms with E-state index in [0.29, 0.717) is 17.3 Å². The van der Waals surface area contributed by atoms with E-state index in [9.17, 15) is 4.39 Å². The lowest BCUT2D eigenvalue weighted by Gasteiger charge is -2.18. The van der Waals surface area contributed by atoms with Crippen LogP contribution >= 0.6 is 0 Å². The van der Waals surface area contributed by atoms with Gasteiger partial charge >= 0.3 is 0 Å². The van der Waals surface area contributed by atoms with Crippen molar-refractivity contribution in [3.8, 4) is 0 Å². The molecule has 5 heteroatoms. The average molecular weight is 232 g/mol. The van der Waals surface area contributed by atoms with Crippen LogP contribution in [0.4, 0.5) is 15.9 Å². The van der Waals surface area contributed by atoms with E-state index in [4.69, 9.17) is 5.73 Å². The molecule has 0 aliphatic heterocycles. The van der Waals surface area contributed by atoms with Crippen LogP contribution in [0.25, 0.3) is 0 Å². The first-order valence-corrected chi connectivity index (χ1v) is 5.22. The van der Waals surface area contributed by atoms with Crippen LogP contribution in [0.2, 0.25) is 0 Å². The number of anilines is 2. The second kappa shape index (κ2) is 4.88. The zero-order chi connectivity index (χ0) is 12.3. The molecule has 0 spiro atoms. The zero-order valence-electron chi connectivity index (χ0n) is 9.47. The molecular formula is C12H13FN4. The van der Waals surface area contributed by atoms with Crippen molar-refractivity contribution >= 4 is 11.5 Å². The number of hydrogen-bond acceptors (Lipinski definition) is 4. The fraction of sp³-hybridized carbons (Fsp3) is 0.167. The molecule has 2 N–H and O–H groups in total. The number of benzene rings is 1. The minimum atomic E-state index is -0.289. The summed E-state index contributed by atoms with van der Waals surface area (Å²) in [6.07, 6.45) is 1.61. The van der Waals surface area contributed by atoms with Gasteiger partial charge in [-0.2, -0.15) is 0 Å². The third-order valence-electron chi connectivity index (χ3n) is 2.43. The SMILES string of the molecule is CN(c1ccnc(CN)n1)c1ccccc1F. The van der Waals surface area contributed by atoms with Crippen LogP contribution in [-0.2, 0) is 6.54 Å². The van der Waals surface area contributed by atoms with E-state index in [1.807, 2.05) is 0 Å². The molecule has 17 heavy (non-hydrogen) atoms. The Hall–Kier alpha value is -2.01. The van der Waals surface area contributed by atoms with Crippen LogP contribution in [0, 0.1) is 5.82 Å². The van der Waals surface area contributed by atoms with E-state index in [0.717, 1.165) is 0 Å². The van der Waals surface area contributed by atoms with Crippen LogP contribution in [-0.4, -0.2) is 17.0 Å². The Kier molecular flexibility index (Phi) is 3.30. The first-order valence-electron chi connectivity index (χ1n) is 5.22. The number of nitrogens with zero attached hydrogens (tertiary/aromatic N) is 3. The highest BCUT2D eigenvalue weighted by Gasteiger charge is 2.10. The summed E-state index contributed by atoms with van der Waals surface area (Å²) in [6.45, 7) is 0.263. The highest BCUT2D eigenvalue weighted by molar-refractivity contribution is 5.59. The van der Waals surface area contributed by atoms with Crippen molar-refractivity contribution in [1.82, 2.24) is 9.97 Å². The Morgan fingerprint density at radius 3 is 2.76 bits per heavy atom. The number of nitrogens with two attached hydrogens (primary N) is 1. The molecule has 0 atom stereocenters. The maximum atomic E-state index is 13.6. The van der Waals surface area contributed by atoms with Gasteiger partial charge in [0.1, 0.15) is 17.5 Å². The van der Waals surface area contributed by atoms with E-state index < -0.39 is 0 Å². The number of aromatic nitrogens is 2. The van der Waals surface area contributed by atoms with Gasteiger partial charge in [0.2, 0.25) is 0 Å². The second-order valence-corrected chi connectivity index (χ2v) is 3.55. The summed E-state index contributed by atoms with van der Waals surface area (Å²) < 4.78 is 13.6. The first-order chi connectivity index (χ1) is 8.22. The standard InChI is InChI=1S/C12H13FN4/c1-17(10-5-3-2-4-9(10)13)12-6-7-15-11(8-14)16-12/h2-7H,8,14H2,1H3. The largest absolute Gasteiger partial charge is 0.327 e. The maximum Gasteiger partial charge on any atom is 0.146 e. The zero-order valence-corrected chi connectivity index (χ0v) is 9.47. The molecule has 0 unspecified atom stereocenters. The Balaban J connectivity index is 2.37. The topological polar surface area (TPSA) is 55.0 Å². The van der Waals surface area contributed by atoms with Gasteiger partial charge in [-0.3, -0.25) is 0 Å². The van der Waals surface area contributed by atoms with Gasteiger partial charge in [-0.15, -0.1) is 0 Å². The third kappa shape index (κ3) is 2.39. The van der Waals surface area contributed by atoms with Gasteiger partial charge in [0.15, 0.2) is 0 Å². The van der Waals surface area contributed by atoms with E-state index in [2.05, 4.69) is 9.97 Å². The van der Waals surface area contributed by atoms with Gasteiger partial charge in [0, 0.05) is 13.2 Å². The molecule has 0 bridgehead atoms. The van der Waals surface area contributed by atoms with E-state index in [-0.39, 0.29) is 12.4 Å². The van der Waals surface area contributed by atoms with E-state index in [1.54, 1.807) is 42.4 Å². The third-order valence-corrected chi connectivity index (χ3v) is 2.43. The summed E-state index contributed by atoms with van der Waals surface area (Å²) in [6, 6.07) is 8.25. The highest BCUT2D eigenvalue weighted by atomic mass is 19.1. The van der Waals surface area contributed by atoms with Crippen molar-refractivity contribution in [3.05, 3.63) is 48.2 Å². The predicted octanol–water partition coefficient (Wildman–Crippen LogP) is 1.84. The lowest BCUT2D eigenvalue weighted by molar-refractivity contribution is 0.627. The summed E-state index contributed by atoms with van der Waals surface area (Å²) >= 11 is 0. The molecule has 0 fully saturated rings. The van der Waals surface area contributed by atoms with Crippen LogP contribution in [0.1, 0.15) is 5.82 Å². The van der Waals surface area contributed by atoms with Crippen molar-refractivity contribution < 1.29 is 4.39 Å². The lowest BCUT2D eigenvalue weighted by atomic mass is 10.3. The van der Waals surface area contributed by atoms with Gasteiger partial charge in [-0.05, 0) is 18.2 Å². The van der Waals surface area contributed by atoms with Gasteiger partial charge in [0.05, 0.1) is 12.2 Å². The quantitative estimate of drug-likeness (QED) is 0.877. The summed E-state index contributed by atoms with van der Waals surface area (Å²) in [5, 5.41) is 0. The normalized spacial score (nSPS) is 10.3. The Morgan fingerprint density at radius 1 is 1.29 bits per heavy atom. The average Bonchev–Trinajstić information content (AvgIpc) is 2.38. The summed E-state index contributed by atoms with van der Waals surface area (Å²) in [4.78, 5) is 9.89. The number of halogens is 1. The molecule has 0 amide bonds. The molecule has 1 aromatic carbocycles. The lowest BCUT2D eigenvalue weighted by Crippen LogP contribution is -2.14. The van der Waals surface area contributed by atoms with Crippen LogP contribution in [0.5, 0.6) is 0 Å². The van der Waals surface area contributed by atoms with Crippen molar-refractivity contribution in [2.24, 2.45) is 5.73 Å². The first kappa shape index (κ1) is 11.5. The number of hydrogen-bond donors (Lipinski definition) is 1. The fourth-order valence-corrected chi connectivity index (χ4v) is 1.52. The van der Waals surface area contributed by atoms with Gasteiger partial charge in [0.25, 0.3) is 0 Å². The second-order valence-electron chi connectivity index (χ2n) is 3.55. The van der Waals surface area contributed by atoms with Gasteiger partial charge in [-0.25, -0.2) is 14.4 Å². The Labute approximate surface area is 98.9 Å². The minimum absolute atomic E-state index is 0.263. The molecule has 1 aromatic heterocycles. The van der Waals surface area contributed by atoms with Gasteiger partial charge < -0.3 is 10.6 Å². The Morgan fingerprint density at radius 2 is 2.06 bits per heavy atom. The van der Waals surface area contributed by atoms with E-state index in [1.165, 1.54) is 6.07 Å². The summed E-state index contributed by atoms with van der Waals surface area (Å²) in [7, 11) is 1.75. The van der Waals surface area contributed by atoms with Gasteiger partial charge in [-0.1, -0.05) is 12.1 Å². The molecule has 1 heterocycles. The minimum Gasteiger partial charge on any atom is -0.327 e. The molecule has 0 aliphatic carbocycles. The van der Waals surface area contributed by atoms with Crippen molar-refractivity contribution in [3.63, 3.8) is 0 Å². The van der Waals surface area contributed by atoms with E-state index >= 15 is 0 Å². The van der Waals surface area contributed by atoms with Crippen LogP contribution < -0.4 is 10.6 Å². The highest BCUT2D eigenvalue weighted by Crippen LogP contribution is 2.23. The summed E-state index contributed by atoms with van der Waals surface area (Å²) in [5.41, 5.74) is 5.94. The summed E-state index contributed by atoms with van der Waals surface area (Å²) in [5.74, 6) is 0.860. The molecule has 0 saturated heterocycles. The molecule has 4 nitrogen and oxygen atoms in total. The molecule has 0 saturated carbocycles. The molecule has 2 rings (SSSR count). The predicted molar refractivity (Wildman–Crippen MR) is 64.4 cm³/mol. The van der Waals surface area contributed by atoms with Crippen molar-refractivity contribution in [1.29, 1.82) is 0 Å². The molecule has 0 aliphatic rings. The number of para-hydroxylation sites is 1. The molecule has 88 valence electrons. The smallest absolute Gasteiger partial charge is 0.146 e. The fourth-order valence-electron chi connectivity index (χ4n) is 1.52. The maximum absolute atomic E-state index is 13.6. The monoisotopic (exact) mass is 232 g/mol.